The van der Waals surface area contributed by atoms with Crippen molar-refractivity contribution in [3.05, 3.63) is 39.9 Å². The number of aliphatic hydroxyl groups excluding tert-OH is 1. The second-order valence-corrected chi connectivity index (χ2v) is 4.08. The van der Waals surface area contributed by atoms with E-state index in [1.54, 1.807) is 19.2 Å². The molecule has 0 saturated carbocycles. The van der Waals surface area contributed by atoms with Crippen molar-refractivity contribution < 1.29 is 28.3 Å². The van der Waals surface area contributed by atoms with Gasteiger partial charge in [0.05, 0.1) is 6.61 Å². The maximum Gasteiger partial charge on any atom is 0.431 e. The second-order valence-electron chi connectivity index (χ2n) is 4.08. The van der Waals surface area contributed by atoms with Crippen LogP contribution in [0.1, 0.15) is 5.56 Å². The summed E-state index contributed by atoms with van der Waals surface area (Å²) in [5, 5.41) is 19.1. The van der Waals surface area contributed by atoms with Gasteiger partial charge in [0.2, 0.25) is 12.6 Å². The van der Waals surface area contributed by atoms with Crippen LogP contribution in [-0.2, 0) is 11.2 Å². The van der Waals surface area contributed by atoms with Gasteiger partial charge < -0.3 is 14.6 Å². The van der Waals surface area contributed by atoms with Crippen molar-refractivity contribution in [2.75, 3.05) is 20.3 Å². The Labute approximate surface area is 114 Å². The first kappa shape index (κ1) is 16.3. The lowest BCUT2D eigenvalue weighted by Crippen LogP contribution is -2.43. The van der Waals surface area contributed by atoms with E-state index >= 15 is 0 Å². The first-order valence-corrected chi connectivity index (χ1v) is 5.79. The predicted octanol–water partition coefficient (Wildman–Crippen LogP) is 1.48. The minimum Gasteiger partial charge on any atom is -0.430 e. The molecular weight excluding hydrogens is 276 g/mol. The molecule has 1 rings (SSSR count). The smallest absolute Gasteiger partial charge is 0.430 e. The van der Waals surface area contributed by atoms with Gasteiger partial charge in [0.15, 0.2) is 0 Å². The van der Waals surface area contributed by atoms with E-state index in [1.165, 1.54) is 12.1 Å². The molecule has 1 aromatic rings. The molecule has 0 aliphatic heterocycles. The molecule has 0 radical (unpaired) electrons. The lowest BCUT2D eigenvalue weighted by atomic mass is 10.1. The topological polar surface area (TPSA) is 81.8 Å². The van der Waals surface area contributed by atoms with E-state index in [1.807, 2.05) is 0 Å². The van der Waals surface area contributed by atoms with Gasteiger partial charge in [0.25, 0.3) is 0 Å². The molecule has 0 fully saturated rings. The molecule has 0 heterocycles. The molecule has 0 aromatic heterocycles. The summed E-state index contributed by atoms with van der Waals surface area (Å²) in [5.74, 6) is -0.182. The third kappa shape index (κ3) is 5.06. The van der Waals surface area contributed by atoms with E-state index in [0.717, 1.165) is 5.56 Å². The van der Waals surface area contributed by atoms with Gasteiger partial charge in [-0.05, 0) is 24.1 Å². The summed E-state index contributed by atoms with van der Waals surface area (Å²) in [4.78, 5) is 9.07. The summed E-state index contributed by atoms with van der Waals surface area (Å²) in [5.41, 5.74) is 0.869. The zero-order valence-electron chi connectivity index (χ0n) is 10.8. The Morgan fingerprint density at radius 3 is 2.50 bits per heavy atom. The highest BCUT2D eigenvalue weighted by Crippen LogP contribution is 2.25. The molecule has 0 aliphatic rings. The maximum atomic E-state index is 13.4. The highest BCUT2D eigenvalue weighted by atomic mass is 19.3. The number of benzene rings is 1. The number of nitro groups is 1. The highest BCUT2D eigenvalue weighted by molar-refractivity contribution is 5.27. The SMILES string of the molecule is COCCc1ccc(OC(F)(F)[C@@H](O)C[N+](=O)[O-])cc1. The normalized spacial score (nSPS) is 13.0. The molecule has 112 valence electrons. The van der Waals surface area contributed by atoms with Crippen LogP contribution in [0.2, 0.25) is 0 Å². The number of methoxy groups -OCH3 is 1. The quantitative estimate of drug-likeness (QED) is 0.579. The summed E-state index contributed by atoms with van der Waals surface area (Å²) >= 11 is 0. The van der Waals surface area contributed by atoms with Crippen LogP contribution >= 0.6 is 0 Å². The van der Waals surface area contributed by atoms with Crippen LogP contribution < -0.4 is 4.74 Å². The first-order valence-electron chi connectivity index (χ1n) is 5.79. The van der Waals surface area contributed by atoms with Gasteiger partial charge in [0, 0.05) is 12.0 Å². The van der Waals surface area contributed by atoms with Gasteiger partial charge in [-0.3, -0.25) is 10.1 Å². The molecule has 1 atom stereocenters. The molecule has 0 aliphatic carbocycles. The average Bonchev–Trinajstić information content (AvgIpc) is 2.36. The Bertz CT molecular complexity index is 438. The zero-order valence-corrected chi connectivity index (χ0v) is 10.8. The van der Waals surface area contributed by atoms with Crippen molar-refractivity contribution in [3.63, 3.8) is 0 Å². The molecule has 0 unspecified atom stereocenters. The van der Waals surface area contributed by atoms with E-state index in [9.17, 15) is 18.9 Å². The first-order chi connectivity index (χ1) is 9.35. The van der Waals surface area contributed by atoms with Gasteiger partial charge >= 0.3 is 6.11 Å². The van der Waals surface area contributed by atoms with Crippen LogP contribution in [0.4, 0.5) is 8.78 Å². The minimum absolute atomic E-state index is 0.182. The van der Waals surface area contributed by atoms with Crippen molar-refractivity contribution in [1.29, 1.82) is 0 Å². The number of aliphatic hydroxyl groups is 1. The lowest BCUT2D eigenvalue weighted by molar-refractivity contribution is -0.501. The fourth-order valence-corrected chi connectivity index (χ4v) is 1.42. The van der Waals surface area contributed by atoms with Crippen LogP contribution in [0.5, 0.6) is 5.75 Å². The molecule has 8 heteroatoms. The monoisotopic (exact) mass is 291 g/mol. The molecule has 0 bridgehead atoms. The summed E-state index contributed by atoms with van der Waals surface area (Å²) in [6, 6.07) is 5.75. The van der Waals surface area contributed by atoms with Crippen LogP contribution in [0, 0.1) is 10.1 Å². The Balaban J connectivity index is 2.64. The predicted molar refractivity (Wildman–Crippen MR) is 65.5 cm³/mol. The van der Waals surface area contributed by atoms with Crippen LogP contribution in [0.25, 0.3) is 0 Å². The van der Waals surface area contributed by atoms with Gasteiger partial charge in [-0.25, -0.2) is 0 Å². The summed E-state index contributed by atoms with van der Waals surface area (Å²) < 4.78 is 35.9. The van der Waals surface area contributed by atoms with E-state index in [4.69, 9.17) is 9.84 Å². The van der Waals surface area contributed by atoms with Gasteiger partial charge in [-0.1, -0.05) is 12.1 Å². The number of ether oxygens (including phenoxy) is 2. The number of hydrogen-bond donors (Lipinski definition) is 1. The van der Waals surface area contributed by atoms with Crippen LogP contribution in [0.15, 0.2) is 24.3 Å². The van der Waals surface area contributed by atoms with E-state index in [0.29, 0.717) is 13.0 Å². The Morgan fingerprint density at radius 2 is 2.00 bits per heavy atom. The average molecular weight is 291 g/mol. The van der Waals surface area contributed by atoms with Crippen molar-refractivity contribution in [3.8, 4) is 5.75 Å². The molecular formula is C12H15F2NO5. The van der Waals surface area contributed by atoms with Crippen molar-refractivity contribution >= 4 is 0 Å². The summed E-state index contributed by atoms with van der Waals surface area (Å²) in [6.07, 6.45) is -5.91. The van der Waals surface area contributed by atoms with Crippen LogP contribution in [0.3, 0.4) is 0 Å². The van der Waals surface area contributed by atoms with Gasteiger partial charge in [0.1, 0.15) is 5.75 Å². The Morgan fingerprint density at radius 1 is 1.40 bits per heavy atom. The summed E-state index contributed by atoms with van der Waals surface area (Å²) in [6.45, 7) is -0.795. The molecule has 6 nitrogen and oxygen atoms in total. The van der Waals surface area contributed by atoms with Gasteiger partial charge in [-0.15, -0.1) is 0 Å². The van der Waals surface area contributed by atoms with Crippen molar-refractivity contribution in [1.82, 2.24) is 0 Å². The van der Waals surface area contributed by atoms with E-state index in [-0.39, 0.29) is 5.75 Å². The number of nitrogens with zero attached hydrogens (tertiary/aromatic N) is 1. The molecule has 0 amide bonds. The number of rotatable bonds is 8. The highest BCUT2D eigenvalue weighted by Gasteiger charge is 2.44. The molecule has 20 heavy (non-hydrogen) atoms. The largest absolute Gasteiger partial charge is 0.431 e. The molecule has 1 aromatic carbocycles. The fourth-order valence-electron chi connectivity index (χ4n) is 1.42. The molecule has 1 N–H and O–H groups in total. The zero-order chi connectivity index (χ0) is 15.2. The third-order valence-corrected chi connectivity index (χ3v) is 2.48. The Kier molecular flexibility index (Phi) is 5.78. The van der Waals surface area contributed by atoms with E-state index < -0.39 is 23.7 Å². The molecule has 0 saturated heterocycles. The standard InChI is InChI=1S/C12H15F2NO5/c1-19-7-6-9-2-4-10(5-3-9)20-12(13,14)11(16)8-15(17)18/h2-5,11,16H,6-8H2,1H3/t11-/m0/s1. The number of halogens is 2. The van der Waals surface area contributed by atoms with E-state index in [2.05, 4.69) is 4.74 Å². The number of hydrogen-bond acceptors (Lipinski definition) is 5. The maximum absolute atomic E-state index is 13.4. The Hall–Kier alpha value is -1.80. The lowest BCUT2D eigenvalue weighted by Gasteiger charge is -2.20. The summed E-state index contributed by atoms with van der Waals surface area (Å²) in [7, 11) is 1.55. The second kappa shape index (κ2) is 7.11. The van der Waals surface area contributed by atoms with Crippen LogP contribution in [-0.4, -0.2) is 42.5 Å². The molecule has 0 spiro atoms. The third-order valence-electron chi connectivity index (χ3n) is 2.48. The van der Waals surface area contributed by atoms with Gasteiger partial charge in [-0.2, -0.15) is 8.78 Å². The number of alkyl halides is 2. The van der Waals surface area contributed by atoms with Crippen molar-refractivity contribution in [2.24, 2.45) is 0 Å². The fraction of sp³-hybridized carbons (Fsp3) is 0.500. The van der Waals surface area contributed by atoms with Crippen molar-refractivity contribution in [2.45, 2.75) is 18.6 Å². The minimum atomic E-state index is -4.03.